The van der Waals surface area contributed by atoms with Gasteiger partial charge in [-0.15, -0.1) is 0 Å². The first-order valence-corrected chi connectivity index (χ1v) is 16.8. The third-order valence-electron chi connectivity index (χ3n) is 7.88. The van der Waals surface area contributed by atoms with Crippen LogP contribution < -0.4 is 5.73 Å². The van der Waals surface area contributed by atoms with Crippen LogP contribution in [0.3, 0.4) is 0 Å². The molecule has 3 aromatic rings. The molecule has 0 bridgehead atoms. The Kier molecular flexibility index (Phi) is 11.7. The van der Waals surface area contributed by atoms with Crippen molar-refractivity contribution in [1.82, 2.24) is 4.57 Å². The minimum atomic E-state index is -0.449. The molecule has 2 aromatic carbocycles. The molecule has 8 nitrogen and oxygen atoms in total. The predicted molar refractivity (Wildman–Crippen MR) is 179 cm³/mol. The molecule has 0 spiro atoms. The van der Waals surface area contributed by atoms with Gasteiger partial charge in [0.1, 0.15) is 0 Å². The van der Waals surface area contributed by atoms with E-state index in [0.717, 1.165) is 64.5 Å². The fourth-order valence-electron chi connectivity index (χ4n) is 5.58. The van der Waals surface area contributed by atoms with Crippen LogP contribution in [0.1, 0.15) is 104 Å². The number of rotatable bonds is 13. The van der Waals surface area contributed by atoms with E-state index in [4.69, 9.17) is 15.4 Å². The molecule has 0 saturated heterocycles. The van der Waals surface area contributed by atoms with E-state index >= 15 is 0 Å². The first-order valence-electron chi connectivity index (χ1n) is 15.7. The van der Waals surface area contributed by atoms with Gasteiger partial charge in [-0.25, -0.2) is 9.59 Å². The second kappa shape index (κ2) is 15.4. The number of thioether (sulfide) groups is 1. The van der Waals surface area contributed by atoms with Gasteiger partial charge in [-0.1, -0.05) is 69.8 Å². The summed E-state index contributed by atoms with van der Waals surface area (Å²) in [4.78, 5) is 34.4. The Hall–Kier alpha value is -3.33. The number of nitrogens with two attached hydrogens (primary N) is 1. The average Bonchev–Trinajstić information content (AvgIpc) is 3.30. The van der Waals surface area contributed by atoms with Crippen LogP contribution in [0.5, 0.6) is 0 Å². The van der Waals surface area contributed by atoms with E-state index in [1.165, 1.54) is 39.0 Å². The van der Waals surface area contributed by atoms with Crippen LogP contribution >= 0.6 is 11.8 Å². The maximum atomic E-state index is 12.2. The number of aryl methyl sites for hydroxylation is 1. The van der Waals surface area contributed by atoms with Crippen molar-refractivity contribution < 1.29 is 19.3 Å². The number of hydrogen-bond acceptors (Lipinski definition) is 8. The number of anilines is 1. The van der Waals surface area contributed by atoms with Gasteiger partial charge in [0, 0.05) is 51.9 Å². The maximum Gasteiger partial charge on any atom is 0.337 e. The number of nitrogen functional groups attached to an aromatic ring is 1. The number of fused-ring (bicyclic) bond motifs is 3. The standard InChI is InChI=1S/C34H46N4O4S/c1-6-8-14-30(36-42-34(40)22(3)4)24-15-16-32-27(18-24)28-19-25(20-29(35)33(28)38(32)17-7-2)31(37-41-23(5)39)21-43-26-12-10-9-11-13-26/h15-16,18-20,22,26H,6-14,17,21,35H2,1-5H3/b36-30+,37-31+. The number of unbranched alkanes of at least 4 members (excludes halogenated alkanes) is 1. The topological polar surface area (TPSA) is 108 Å². The molecule has 1 aliphatic carbocycles. The first kappa shape index (κ1) is 32.6. The maximum absolute atomic E-state index is 12.2. The number of hydrogen-bond donors (Lipinski definition) is 1. The molecule has 0 amide bonds. The van der Waals surface area contributed by atoms with Gasteiger partial charge in [0.2, 0.25) is 0 Å². The van der Waals surface area contributed by atoms with E-state index in [-0.39, 0.29) is 11.9 Å². The third kappa shape index (κ3) is 8.19. The number of carbonyl (C=O) groups excluding carboxylic acids is 2. The molecular weight excluding hydrogens is 560 g/mol. The molecule has 0 aliphatic heterocycles. The van der Waals surface area contributed by atoms with Gasteiger partial charge in [-0.3, -0.25) is 0 Å². The zero-order valence-electron chi connectivity index (χ0n) is 26.3. The van der Waals surface area contributed by atoms with Crippen LogP contribution in [-0.2, 0) is 25.8 Å². The summed E-state index contributed by atoms with van der Waals surface area (Å²) in [6.45, 7) is 10.1. The lowest BCUT2D eigenvalue weighted by Gasteiger charge is -2.21. The lowest BCUT2D eigenvalue weighted by Crippen LogP contribution is -2.14. The zero-order chi connectivity index (χ0) is 30.9. The second-order valence-electron chi connectivity index (χ2n) is 11.7. The number of benzene rings is 2. The van der Waals surface area contributed by atoms with E-state index in [9.17, 15) is 9.59 Å². The average molecular weight is 607 g/mol. The van der Waals surface area contributed by atoms with Gasteiger partial charge in [-0.2, -0.15) is 11.8 Å². The molecule has 0 radical (unpaired) electrons. The van der Waals surface area contributed by atoms with Crippen molar-refractivity contribution in [3.05, 3.63) is 41.5 Å². The Labute approximate surface area is 259 Å². The Balaban J connectivity index is 1.83. The van der Waals surface area contributed by atoms with E-state index < -0.39 is 5.97 Å². The summed E-state index contributed by atoms with van der Waals surface area (Å²) in [5.74, 6) is -0.420. The minimum Gasteiger partial charge on any atom is -0.397 e. The molecule has 232 valence electrons. The van der Waals surface area contributed by atoms with Crippen molar-refractivity contribution in [2.75, 3.05) is 11.5 Å². The second-order valence-corrected chi connectivity index (χ2v) is 13.0. The number of nitrogens with zero attached hydrogens (tertiary/aromatic N) is 3. The predicted octanol–water partition coefficient (Wildman–Crippen LogP) is 8.21. The summed E-state index contributed by atoms with van der Waals surface area (Å²) in [5.41, 5.74) is 12.7. The van der Waals surface area contributed by atoms with E-state index in [1.807, 2.05) is 17.8 Å². The highest BCUT2D eigenvalue weighted by molar-refractivity contribution is 8.00. The Bertz CT molecular complexity index is 1500. The van der Waals surface area contributed by atoms with Crippen LogP contribution in [0.25, 0.3) is 21.8 Å². The Morgan fingerprint density at radius 2 is 1.70 bits per heavy atom. The van der Waals surface area contributed by atoms with Crippen molar-refractivity contribution in [1.29, 1.82) is 0 Å². The lowest BCUT2D eigenvalue weighted by molar-refractivity contribution is -0.147. The molecule has 43 heavy (non-hydrogen) atoms. The monoisotopic (exact) mass is 606 g/mol. The van der Waals surface area contributed by atoms with Crippen LogP contribution in [0.15, 0.2) is 40.6 Å². The quantitative estimate of drug-likeness (QED) is 0.0909. The van der Waals surface area contributed by atoms with Crippen molar-refractivity contribution in [3.63, 3.8) is 0 Å². The Morgan fingerprint density at radius 1 is 0.977 bits per heavy atom. The number of oxime groups is 2. The zero-order valence-corrected chi connectivity index (χ0v) is 27.1. The third-order valence-corrected chi connectivity index (χ3v) is 9.26. The molecule has 4 rings (SSSR count). The van der Waals surface area contributed by atoms with Crippen LogP contribution in [0.2, 0.25) is 0 Å². The fraction of sp³-hybridized carbons (Fsp3) is 0.529. The van der Waals surface area contributed by atoms with Crippen LogP contribution in [0.4, 0.5) is 5.69 Å². The molecule has 0 unspecified atom stereocenters. The van der Waals surface area contributed by atoms with Crippen molar-refractivity contribution >= 4 is 62.6 Å². The van der Waals surface area contributed by atoms with E-state index in [2.05, 4.69) is 53.0 Å². The molecule has 1 aliphatic rings. The number of carbonyl (C=O) groups is 2. The molecular formula is C34H46N4O4S. The molecule has 9 heteroatoms. The van der Waals surface area contributed by atoms with Gasteiger partial charge in [-0.05, 0) is 56.4 Å². The smallest absolute Gasteiger partial charge is 0.337 e. The van der Waals surface area contributed by atoms with Crippen LogP contribution in [-0.4, -0.2) is 38.9 Å². The molecule has 1 saturated carbocycles. The van der Waals surface area contributed by atoms with Crippen molar-refractivity contribution in [2.24, 2.45) is 16.2 Å². The molecule has 2 N–H and O–H groups in total. The number of aromatic nitrogens is 1. The van der Waals surface area contributed by atoms with Gasteiger partial charge in [0.05, 0.1) is 28.5 Å². The summed E-state index contributed by atoms with van der Waals surface area (Å²) < 4.78 is 2.27. The molecule has 0 atom stereocenters. The van der Waals surface area contributed by atoms with Gasteiger partial charge < -0.3 is 20.0 Å². The highest BCUT2D eigenvalue weighted by Crippen LogP contribution is 2.36. The minimum absolute atomic E-state index is 0.258. The molecule has 1 heterocycles. The summed E-state index contributed by atoms with van der Waals surface area (Å²) in [6, 6.07) is 10.4. The summed E-state index contributed by atoms with van der Waals surface area (Å²) >= 11 is 1.88. The van der Waals surface area contributed by atoms with Gasteiger partial charge >= 0.3 is 11.9 Å². The highest BCUT2D eigenvalue weighted by atomic mass is 32.2. The summed E-state index contributed by atoms with van der Waals surface area (Å²) in [5, 5.41) is 11.3. The lowest BCUT2D eigenvalue weighted by atomic mass is 10.0. The normalized spacial score (nSPS) is 15.0. The largest absolute Gasteiger partial charge is 0.397 e. The van der Waals surface area contributed by atoms with Crippen molar-refractivity contribution in [2.45, 2.75) is 104 Å². The molecule has 1 aromatic heterocycles. The summed E-state index contributed by atoms with van der Waals surface area (Å²) in [6.07, 6.45) is 9.80. The first-order chi connectivity index (χ1) is 20.7. The SMILES string of the molecule is CCCC/C(=N\OC(=O)C(C)C)c1ccc2c(c1)c1cc(/C(CSC3CCCCC3)=N/OC(C)=O)cc(N)c1n2CCC. The van der Waals surface area contributed by atoms with Crippen molar-refractivity contribution in [3.8, 4) is 0 Å². The Morgan fingerprint density at radius 3 is 2.37 bits per heavy atom. The van der Waals surface area contributed by atoms with Crippen LogP contribution in [0, 0.1) is 5.92 Å². The van der Waals surface area contributed by atoms with Gasteiger partial charge in [0.25, 0.3) is 0 Å². The molecule has 1 fully saturated rings. The fourth-order valence-corrected chi connectivity index (χ4v) is 6.86. The van der Waals surface area contributed by atoms with E-state index in [1.54, 1.807) is 13.8 Å². The van der Waals surface area contributed by atoms with E-state index in [0.29, 0.717) is 28.8 Å². The summed E-state index contributed by atoms with van der Waals surface area (Å²) in [7, 11) is 0. The highest BCUT2D eigenvalue weighted by Gasteiger charge is 2.20. The van der Waals surface area contributed by atoms with Gasteiger partial charge in [0.15, 0.2) is 0 Å².